The number of benzene rings is 3. The first-order chi connectivity index (χ1) is 15.9. The molecule has 33 heavy (non-hydrogen) atoms. The lowest BCUT2D eigenvalue weighted by atomic mass is 10.1. The topological polar surface area (TPSA) is 38.8 Å². The van der Waals surface area contributed by atoms with Crippen LogP contribution in [0.5, 0.6) is 11.5 Å². The van der Waals surface area contributed by atoms with E-state index < -0.39 is 11.6 Å². The second kappa shape index (κ2) is 9.91. The van der Waals surface area contributed by atoms with E-state index in [1.165, 1.54) is 42.3 Å². The zero-order chi connectivity index (χ0) is 23.5. The summed E-state index contributed by atoms with van der Waals surface area (Å²) < 4.78 is 39.1. The van der Waals surface area contributed by atoms with Crippen molar-refractivity contribution in [3.05, 3.63) is 93.4 Å². The lowest BCUT2D eigenvalue weighted by Gasteiger charge is -2.14. The molecule has 0 N–H and O–H groups in total. The summed E-state index contributed by atoms with van der Waals surface area (Å²) in [4.78, 5) is 14.6. The minimum absolute atomic E-state index is 0.104. The normalized spacial score (nSPS) is 14.8. The maximum absolute atomic E-state index is 14.1. The molecule has 0 radical (unpaired) electrons. The van der Waals surface area contributed by atoms with Crippen molar-refractivity contribution >= 4 is 57.6 Å². The number of halogens is 3. The number of methoxy groups -OCH3 is 1. The molecular weight excluding hydrogens is 488 g/mol. The highest BCUT2D eigenvalue weighted by molar-refractivity contribution is 8.27. The molecule has 1 aliphatic rings. The van der Waals surface area contributed by atoms with E-state index in [2.05, 4.69) is 0 Å². The van der Waals surface area contributed by atoms with E-state index in [0.717, 1.165) is 11.8 Å². The SMILES string of the molecule is COc1ccc(/C=C2\SC(=S)N(c3cccc(F)c3)C2=O)cc1OCc1c(F)cccc1Cl. The van der Waals surface area contributed by atoms with E-state index in [1.807, 2.05) is 0 Å². The molecule has 4 rings (SSSR count). The predicted octanol–water partition coefficient (Wildman–Crippen LogP) is 6.61. The summed E-state index contributed by atoms with van der Waals surface area (Å²) in [6, 6.07) is 15.2. The fourth-order valence-corrected chi connectivity index (χ4v) is 4.69. The van der Waals surface area contributed by atoms with Crippen LogP contribution >= 0.6 is 35.6 Å². The zero-order valence-corrected chi connectivity index (χ0v) is 19.6. The molecule has 0 saturated carbocycles. The lowest BCUT2D eigenvalue weighted by molar-refractivity contribution is -0.113. The fourth-order valence-electron chi connectivity index (χ4n) is 3.17. The van der Waals surface area contributed by atoms with Crippen molar-refractivity contribution in [2.24, 2.45) is 0 Å². The molecule has 0 bridgehead atoms. The highest BCUT2D eigenvalue weighted by Crippen LogP contribution is 2.37. The molecule has 1 aliphatic heterocycles. The summed E-state index contributed by atoms with van der Waals surface area (Å²) >= 11 is 12.5. The van der Waals surface area contributed by atoms with E-state index in [9.17, 15) is 13.6 Å². The van der Waals surface area contributed by atoms with Gasteiger partial charge in [0.25, 0.3) is 5.91 Å². The molecule has 168 valence electrons. The Hall–Kier alpha value is -2.94. The molecule has 4 nitrogen and oxygen atoms in total. The van der Waals surface area contributed by atoms with Crippen LogP contribution in [0.4, 0.5) is 14.5 Å². The molecule has 3 aromatic rings. The Balaban J connectivity index is 1.59. The first-order valence-electron chi connectivity index (χ1n) is 9.64. The molecule has 0 aromatic heterocycles. The Kier molecular flexibility index (Phi) is 6.97. The highest BCUT2D eigenvalue weighted by atomic mass is 35.5. The maximum Gasteiger partial charge on any atom is 0.270 e. The highest BCUT2D eigenvalue weighted by Gasteiger charge is 2.33. The Morgan fingerprint density at radius 1 is 1.09 bits per heavy atom. The maximum atomic E-state index is 14.1. The molecule has 0 spiro atoms. The van der Waals surface area contributed by atoms with E-state index in [1.54, 1.807) is 36.4 Å². The number of anilines is 1. The molecule has 1 fully saturated rings. The van der Waals surface area contributed by atoms with Gasteiger partial charge in [-0.15, -0.1) is 0 Å². The second-order valence-electron chi connectivity index (χ2n) is 6.90. The zero-order valence-electron chi connectivity index (χ0n) is 17.2. The van der Waals surface area contributed by atoms with Crippen molar-refractivity contribution in [3.63, 3.8) is 0 Å². The molecule has 9 heteroatoms. The van der Waals surface area contributed by atoms with Crippen LogP contribution in [-0.4, -0.2) is 17.3 Å². The molecular formula is C24H16ClF2NO3S2. The van der Waals surface area contributed by atoms with Crippen molar-refractivity contribution < 1.29 is 23.0 Å². The van der Waals surface area contributed by atoms with Gasteiger partial charge in [-0.05, 0) is 54.1 Å². The first-order valence-corrected chi connectivity index (χ1v) is 11.2. The van der Waals surface area contributed by atoms with Gasteiger partial charge in [-0.2, -0.15) is 0 Å². The monoisotopic (exact) mass is 503 g/mol. The quantitative estimate of drug-likeness (QED) is 0.279. The van der Waals surface area contributed by atoms with Gasteiger partial charge in [-0.1, -0.05) is 53.8 Å². The van der Waals surface area contributed by atoms with Crippen LogP contribution in [0.15, 0.2) is 65.6 Å². The van der Waals surface area contributed by atoms with Crippen molar-refractivity contribution in [2.45, 2.75) is 6.61 Å². The number of ether oxygens (including phenoxy) is 2. The number of thiocarbonyl (C=S) groups is 1. The lowest BCUT2D eigenvalue weighted by Crippen LogP contribution is -2.27. The average Bonchev–Trinajstić information content (AvgIpc) is 3.06. The number of carbonyl (C=O) groups is 1. The van der Waals surface area contributed by atoms with Gasteiger partial charge in [-0.3, -0.25) is 9.69 Å². The Morgan fingerprint density at radius 3 is 2.61 bits per heavy atom. The third-order valence-electron chi connectivity index (χ3n) is 4.78. The van der Waals surface area contributed by atoms with Crippen molar-refractivity contribution in [2.75, 3.05) is 12.0 Å². The van der Waals surface area contributed by atoms with Gasteiger partial charge >= 0.3 is 0 Å². The molecule has 0 atom stereocenters. The van der Waals surface area contributed by atoms with Gasteiger partial charge < -0.3 is 9.47 Å². The molecule has 1 amide bonds. The second-order valence-corrected chi connectivity index (χ2v) is 8.98. The van der Waals surface area contributed by atoms with Crippen molar-refractivity contribution in [1.29, 1.82) is 0 Å². The van der Waals surface area contributed by atoms with E-state index in [0.29, 0.717) is 32.0 Å². The van der Waals surface area contributed by atoms with Gasteiger partial charge in [0.2, 0.25) is 0 Å². The van der Waals surface area contributed by atoms with Gasteiger partial charge in [0, 0.05) is 5.56 Å². The Labute approximate surface area is 203 Å². The third-order valence-corrected chi connectivity index (χ3v) is 6.44. The van der Waals surface area contributed by atoms with Crippen LogP contribution in [0.1, 0.15) is 11.1 Å². The molecule has 0 aliphatic carbocycles. The van der Waals surface area contributed by atoms with E-state index in [4.69, 9.17) is 33.3 Å². The van der Waals surface area contributed by atoms with Crippen LogP contribution < -0.4 is 14.4 Å². The number of nitrogens with zero attached hydrogens (tertiary/aromatic N) is 1. The smallest absolute Gasteiger partial charge is 0.270 e. The summed E-state index contributed by atoms with van der Waals surface area (Å²) in [5.41, 5.74) is 1.23. The van der Waals surface area contributed by atoms with Crippen LogP contribution in [0, 0.1) is 11.6 Å². The molecule has 3 aromatic carbocycles. The number of thioether (sulfide) groups is 1. The largest absolute Gasteiger partial charge is 0.493 e. The predicted molar refractivity (Wildman–Crippen MR) is 131 cm³/mol. The van der Waals surface area contributed by atoms with Gasteiger partial charge in [0.05, 0.1) is 22.7 Å². The van der Waals surface area contributed by atoms with E-state index in [-0.39, 0.29) is 23.1 Å². The summed E-state index contributed by atoms with van der Waals surface area (Å²) in [5, 5.41) is 0.256. The van der Waals surface area contributed by atoms with Gasteiger partial charge in [0.15, 0.2) is 15.8 Å². The van der Waals surface area contributed by atoms with Crippen molar-refractivity contribution in [1.82, 2.24) is 0 Å². The number of hydrogen-bond acceptors (Lipinski definition) is 5. The third kappa shape index (κ3) is 5.03. The molecule has 1 saturated heterocycles. The van der Waals surface area contributed by atoms with Crippen LogP contribution in [0.2, 0.25) is 5.02 Å². The number of hydrogen-bond donors (Lipinski definition) is 0. The van der Waals surface area contributed by atoms with Gasteiger partial charge in [-0.25, -0.2) is 8.78 Å². The fraction of sp³-hybridized carbons (Fsp3) is 0.0833. The van der Waals surface area contributed by atoms with Crippen LogP contribution in [0.25, 0.3) is 6.08 Å². The average molecular weight is 504 g/mol. The van der Waals surface area contributed by atoms with E-state index >= 15 is 0 Å². The molecule has 0 unspecified atom stereocenters. The Morgan fingerprint density at radius 2 is 1.88 bits per heavy atom. The van der Waals surface area contributed by atoms with Crippen LogP contribution in [-0.2, 0) is 11.4 Å². The van der Waals surface area contributed by atoms with Crippen molar-refractivity contribution in [3.8, 4) is 11.5 Å². The minimum Gasteiger partial charge on any atom is -0.493 e. The standard InChI is InChI=1S/C24H16ClF2NO3S2/c1-30-20-9-8-14(10-21(20)31-13-17-18(25)6-3-7-19(17)27)11-22-23(29)28(24(32)33-22)16-5-2-4-15(26)12-16/h2-12H,13H2,1H3/b22-11-. The Bertz CT molecular complexity index is 1260. The number of rotatable bonds is 6. The van der Waals surface area contributed by atoms with Gasteiger partial charge in [0.1, 0.15) is 18.2 Å². The summed E-state index contributed by atoms with van der Waals surface area (Å²) in [6.45, 7) is -0.104. The number of amides is 1. The summed E-state index contributed by atoms with van der Waals surface area (Å²) in [6.07, 6.45) is 1.65. The molecule has 1 heterocycles. The van der Waals surface area contributed by atoms with Crippen LogP contribution in [0.3, 0.4) is 0 Å². The summed E-state index contributed by atoms with van der Waals surface area (Å²) in [5.74, 6) is -0.499. The minimum atomic E-state index is -0.473. The first kappa shape index (κ1) is 23.2. The number of carbonyl (C=O) groups excluding carboxylic acids is 1. The summed E-state index contributed by atoms with van der Waals surface area (Å²) in [7, 11) is 1.49.